The molecule has 0 spiro atoms. The summed E-state index contributed by atoms with van der Waals surface area (Å²) < 4.78 is 5.10. The number of aliphatic carboxylic acids is 1. The molecule has 1 aliphatic rings. The minimum Gasteiger partial charge on any atom is -0.497 e. The number of carbonyl (C=O) groups is 1. The number of hydrogen-bond donors (Lipinski definition) is 1. The van der Waals surface area contributed by atoms with Crippen molar-refractivity contribution in [3.05, 3.63) is 35.4 Å². The molecule has 1 fully saturated rings. The van der Waals surface area contributed by atoms with Gasteiger partial charge in [-0.2, -0.15) is 0 Å². The predicted molar refractivity (Wildman–Crippen MR) is 61.3 cm³/mol. The van der Waals surface area contributed by atoms with Crippen molar-refractivity contribution < 1.29 is 14.6 Å². The third kappa shape index (κ3) is 2.42. The van der Waals surface area contributed by atoms with Crippen LogP contribution in [0.25, 0.3) is 6.08 Å². The molecule has 0 unspecified atom stereocenters. The molecule has 1 aromatic rings. The number of carboxylic acids is 1. The summed E-state index contributed by atoms with van der Waals surface area (Å²) in [5.41, 5.74) is 1.39. The molecule has 0 amide bonds. The van der Waals surface area contributed by atoms with Crippen molar-refractivity contribution in [2.75, 3.05) is 7.11 Å². The van der Waals surface area contributed by atoms with E-state index in [0.717, 1.165) is 24.2 Å². The van der Waals surface area contributed by atoms with Gasteiger partial charge in [-0.15, -0.1) is 0 Å². The van der Waals surface area contributed by atoms with Crippen LogP contribution in [-0.4, -0.2) is 18.2 Å². The molecule has 1 aliphatic carbocycles. The summed E-state index contributed by atoms with van der Waals surface area (Å²) in [4.78, 5) is 11.0. The first-order valence-corrected chi connectivity index (χ1v) is 5.29. The Balaban J connectivity index is 2.28. The fraction of sp³-hybridized carbons (Fsp3) is 0.308. The molecule has 1 saturated carbocycles. The Morgan fingerprint density at radius 3 is 2.81 bits per heavy atom. The second-order valence-electron chi connectivity index (χ2n) is 3.96. The Kier molecular flexibility index (Phi) is 2.95. The van der Waals surface area contributed by atoms with Crippen LogP contribution < -0.4 is 4.74 Å². The van der Waals surface area contributed by atoms with Gasteiger partial charge in [-0.3, -0.25) is 0 Å². The van der Waals surface area contributed by atoms with Gasteiger partial charge >= 0.3 is 5.97 Å². The van der Waals surface area contributed by atoms with Crippen molar-refractivity contribution >= 4 is 12.0 Å². The van der Waals surface area contributed by atoms with Gasteiger partial charge in [0.15, 0.2) is 0 Å². The van der Waals surface area contributed by atoms with Crippen molar-refractivity contribution in [3.8, 4) is 5.75 Å². The van der Waals surface area contributed by atoms with Crippen LogP contribution in [-0.2, 0) is 4.79 Å². The maximum absolute atomic E-state index is 11.0. The van der Waals surface area contributed by atoms with E-state index in [-0.39, 0.29) is 5.92 Å². The van der Waals surface area contributed by atoms with Gasteiger partial charge in [0.2, 0.25) is 0 Å². The Hall–Kier alpha value is -1.77. The van der Waals surface area contributed by atoms with E-state index in [1.165, 1.54) is 0 Å². The molecule has 0 atom stereocenters. The Bertz CT molecular complexity index is 431. The van der Waals surface area contributed by atoms with Crippen LogP contribution in [0, 0.1) is 5.92 Å². The van der Waals surface area contributed by atoms with Crippen LogP contribution in [0.15, 0.2) is 29.8 Å². The molecule has 0 aromatic heterocycles. The molecule has 0 heterocycles. The molecule has 1 aromatic carbocycles. The number of ether oxygens (including phenoxy) is 1. The molecular weight excluding hydrogens is 204 g/mol. The van der Waals surface area contributed by atoms with E-state index in [1.807, 2.05) is 24.3 Å². The molecule has 0 saturated heterocycles. The third-order valence-electron chi connectivity index (χ3n) is 2.68. The summed E-state index contributed by atoms with van der Waals surface area (Å²) in [7, 11) is 1.60. The molecule has 0 bridgehead atoms. The lowest BCUT2D eigenvalue weighted by Gasteiger charge is -2.02. The average molecular weight is 218 g/mol. The maximum Gasteiger partial charge on any atom is 0.331 e. The lowest BCUT2D eigenvalue weighted by atomic mass is 10.1. The summed E-state index contributed by atoms with van der Waals surface area (Å²) in [5.74, 6) is 0.170. The molecule has 3 heteroatoms. The van der Waals surface area contributed by atoms with Crippen molar-refractivity contribution in [3.63, 3.8) is 0 Å². The fourth-order valence-corrected chi connectivity index (χ4v) is 1.66. The third-order valence-corrected chi connectivity index (χ3v) is 2.68. The number of carboxylic acid groups (broad SMARTS) is 1. The molecule has 2 rings (SSSR count). The highest BCUT2D eigenvalue weighted by atomic mass is 16.5. The second-order valence-corrected chi connectivity index (χ2v) is 3.96. The van der Waals surface area contributed by atoms with E-state index in [9.17, 15) is 4.79 Å². The standard InChI is InChI=1S/C13H14O3/c1-16-11-4-2-3-9(7-11)8-12(13(14)15)10-5-6-10/h2-4,7-8,10H,5-6H2,1H3,(H,14,15)/b12-8-. The largest absolute Gasteiger partial charge is 0.497 e. The highest BCUT2D eigenvalue weighted by Crippen LogP contribution is 2.37. The van der Waals surface area contributed by atoms with Gasteiger partial charge in [-0.05, 0) is 42.5 Å². The van der Waals surface area contributed by atoms with E-state index in [2.05, 4.69) is 0 Å². The molecular formula is C13H14O3. The van der Waals surface area contributed by atoms with Gasteiger partial charge in [-0.1, -0.05) is 12.1 Å². The smallest absolute Gasteiger partial charge is 0.331 e. The molecule has 3 nitrogen and oxygen atoms in total. The van der Waals surface area contributed by atoms with Gasteiger partial charge in [-0.25, -0.2) is 4.79 Å². The summed E-state index contributed by atoms with van der Waals surface area (Å²) in [6, 6.07) is 7.42. The molecule has 0 radical (unpaired) electrons. The normalized spacial score (nSPS) is 15.9. The van der Waals surface area contributed by atoms with Gasteiger partial charge in [0.05, 0.1) is 7.11 Å². The number of hydrogen-bond acceptors (Lipinski definition) is 2. The minimum atomic E-state index is -0.815. The van der Waals surface area contributed by atoms with E-state index < -0.39 is 5.97 Å². The van der Waals surface area contributed by atoms with E-state index in [0.29, 0.717) is 5.57 Å². The van der Waals surface area contributed by atoms with Gasteiger partial charge in [0, 0.05) is 5.57 Å². The monoisotopic (exact) mass is 218 g/mol. The van der Waals surface area contributed by atoms with Crippen molar-refractivity contribution in [1.82, 2.24) is 0 Å². The topological polar surface area (TPSA) is 46.5 Å². The second kappa shape index (κ2) is 4.39. The lowest BCUT2D eigenvalue weighted by Crippen LogP contribution is -2.02. The summed E-state index contributed by atoms with van der Waals surface area (Å²) in [6.45, 7) is 0. The lowest BCUT2D eigenvalue weighted by molar-refractivity contribution is -0.132. The SMILES string of the molecule is COc1cccc(/C=C(\C(=O)O)C2CC2)c1. The van der Waals surface area contributed by atoms with E-state index >= 15 is 0 Å². The van der Waals surface area contributed by atoms with Gasteiger partial charge in [0.25, 0.3) is 0 Å². The number of benzene rings is 1. The number of rotatable bonds is 4. The minimum absolute atomic E-state index is 0.240. The summed E-state index contributed by atoms with van der Waals surface area (Å²) in [6.07, 6.45) is 3.72. The predicted octanol–water partition coefficient (Wildman–Crippen LogP) is 2.57. The van der Waals surface area contributed by atoms with Crippen LogP contribution >= 0.6 is 0 Å². The molecule has 0 aliphatic heterocycles. The average Bonchev–Trinajstić information content (AvgIpc) is 3.10. The fourth-order valence-electron chi connectivity index (χ4n) is 1.66. The zero-order valence-electron chi connectivity index (χ0n) is 9.14. The van der Waals surface area contributed by atoms with Gasteiger partial charge < -0.3 is 9.84 Å². The van der Waals surface area contributed by atoms with Gasteiger partial charge in [0.1, 0.15) is 5.75 Å². The van der Waals surface area contributed by atoms with Crippen LogP contribution in [0.4, 0.5) is 0 Å². The van der Waals surface area contributed by atoms with Crippen LogP contribution in [0.2, 0.25) is 0 Å². The molecule has 1 N–H and O–H groups in total. The molecule has 16 heavy (non-hydrogen) atoms. The zero-order chi connectivity index (χ0) is 11.5. The number of methoxy groups -OCH3 is 1. The van der Waals surface area contributed by atoms with E-state index in [4.69, 9.17) is 9.84 Å². The summed E-state index contributed by atoms with van der Waals surface area (Å²) in [5, 5.41) is 9.07. The van der Waals surface area contributed by atoms with Crippen LogP contribution in [0.1, 0.15) is 18.4 Å². The van der Waals surface area contributed by atoms with Crippen LogP contribution in [0.3, 0.4) is 0 Å². The summed E-state index contributed by atoms with van der Waals surface area (Å²) >= 11 is 0. The highest BCUT2D eigenvalue weighted by molar-refractivity contribution is 5.93. The van der Waals surface area contributed by atoms with E-state index in [1.54, 1.807) is 13.2 Å². The Labute approximate surface area is 94.4 Å². The highest BCUT2D eigenvalue weighted by Gasteiger charge is 2.30. The first-order chi connectivity index (χ1) is 7.70. The zero-order valence-corrected chi connectivity index (χ0v) is 9.14. The Morgan fingerprint density at radius 2 is 2.25 bits per heavy atom. The maximum atomic E-state index is 11.0. The van der Waals surface area contributed by atoms with Crippen molar-refractivity contribution in [2.24, 2.45) is 5.92 Å². The first-order valence-electron chi connectivity index (χ1n) is 5.29. The first kappa shape index (κ1) is 10.7. The Morgan fingerprint density at radius 1 is 1.50 bits per heavy atom. The quantitative estimate of drug-likeness (QED) is 0.790. The van der Waals surface area contributed by atoms with Crippen LogP contribution in [0.5, 0.6) is 5.75 Å². The molecule has 84 valence electrons. The van der Waals surface area contributed by atoms with Crippen molar-refractivity contribution in [1.29, 1.82) is 0 Å². The van der Waals surface area contributed by atoms with Crippen molar-refractivity contribution in [2.45, 2.75) is 12.8 Å².